The fourth-order valence-electron chi connectivity index (χ4n) is 3.80. The predicted octanol–water partition coefficient (Wildman–Crippen LogP) is 1.37. The van der Waals surface area contributed by atoms with Gasteiger partial charge >= 0.3 is 0 Å². The van der Waals surface area contributed by atoms with Gasteiger partial charge in [-0.15, -0.1) is 5.10 Å². The van der Waals surface area contributed by atoms with Crippen molar-refractivity contribution >= 4 is 11.7 Å². The van der Waals surface area contributed by atoms with E-state index in [1.54, 1.807) is 0 Å². The molecule has 3 rings (SSSR count). The lowest BCUT2D eigenvalue weighted by Gasteiger charge is -2.47. The Bertz CT molecular complexity index is 534. The van der Waals surface area contributed by atoms with Crippen LogP contribution < -0.4 is 4.90 Å². The molecule has 6 heteroatoms. The van der Waals surface area contributed by atoms with Gasteiger partial charge in [0, 0.05) is 38.7 Å². The van der Waals surface area contributed by atoms with E-state index in [2.05, 4.69) is 20.0 Å². The number of aliphatic hydroxyl groups is 1. The molecule has 6 nitrogen and oxygen atoms in total. The van der Waals surface area contributed by atoms with E-state index in [0.29, 0.717) is 18.4 Å². The smallest absolute Gasteiger partial charge is 0.222 e. The van der Waals surface area contributed by atoms with E-state index in [1.165, 1.54) is 0 Å². The van der Waals surface area contributed by atoms with Crippen LogP contribution in [0.25, 0.3) is 0 Å². The summed E-state index contributed by atoms with van der Waals surface area (Å²) in [5, 5.41) is 17.4. The summed E-state index contributed by atoms with van der Waals surface area (Å²) in [5.74, 6) is 1.74. The molecule has 2 aliphatic heterocycles. The molecule has 3 heterocycles. The van der Waals surface area contributed by atoms with Crippen LogP contribution in [-0.4, -0.2) is 58.4 Å². The number of anilines is 1. The summed E-state index contributed by atoms with van der Waals surface area (Å²) in [7, 11) is 0. The van der Waals surface area contributed by atoms with Crippen molar-refractivity contribution in [3.63, 3.8) is 0 Å². The molecule has 0 aromatic carbocycles. The van der Waals surface area contributed by atoms with Gasteiger partial charge in [0.05, 0.1) is 5.69 Å². The van der Waals surface area contributed by atoms with Crippen LogP contribution in [0.4, 0.5) is 5.82 Å². The Morgan fingerprint density at radius 2 is 2.13 bits per heavy atom. The number of likely N-dealkylation sites (tertiary alicyclic amines) is 1. The SMILES string of the molecule is Cc1ccc(N2CC[C@@H]3[C@@H](CCC(=O)N3CCCCO)C2)nn1. The van der Waals surface area contributed by atoms with Crippen LogP contribution >= 0.6 is 0 Å². The lowest BCUT2D eigenvalue weighted by molar-refractivity contribution is -0.139. The fourth-order valence-corrected chi connectivity index (χ4v) is 3.80. The molecule has 2 saturated heterocycles. The third kappa shape index (κ3) is 3.63. The van der Waals surface area contributed by atoms with E-state index in [0.717, 1.165) is 56.8 Å². The lowest BCUT2D eigenvalue weighted by Crippen LogP contribution is -2.56. The molecule has 2 atom stereocenters. The highest BCUT2D eigenvalue weighted by Gasteiger charge is 2.39. The van der Waals surface area contributed by atoms with Crippen LogP contribution in [0, 0.1) is 12.8 Å². The number of carbonyl (C=O) groups excluding carboxylic acids is 1. The maximum Gasteiger partial charge on any atom is 0.222 e. The Labute approximate surface area is 137 Å². The Kier molecular flexibility index (Phi) is 5.10. The van der Waals surface area contributed by atoms with E-state index < -0.39 is 0 Å². The number of hydrogen-bond donors (Lipinski definition) is 1. The van der Waals surface area contributed by atoms with Gasteiger partial charge in [-0.1, -0.05) is 0 Å². The van der Waals surface area contributed by atoms with Crippen molar-refractivity contribution in [2.24, 2.45) is 5.92 Å². The standard InChI is InChI=1S/C17H26N4O2/c1-13-4-6-16(19-18-13)20-10-8-15-14(12-20)5-7-17(23)21(15)9-2-3-11-22/h4,6,14-15,22H,2-3,5,7-12H2,1H3/t14-,15+/m0/s1. The Hall–Kier alpha value is -1.69. The molecule has 0 radical (unpaired) electrons. The first kappa shape index (κ1) is 16.2. The summed E-state index contributed by atoms with van der Waals surface area (Å²) in [6, 6.07) is 4.39. The number of aromatic nitrogens is 2. The van der Waals surface area contributed by atoms with Gasteiger partial charge in [0.25, 0.3) is 0 Å². The van der Waals surface area contributed by atoms with Gasteiger partial charge in [-0.05, 0) is 50.7 Å². The minimum atomic E-state index is 0.204. The second-order valence-electron chi connectivity index (χ2n) is 6.65. The van der Waals surface area contributed by atoms with Gasteiger partial charge in [0.1, 0.15) is 0 Å². The number of piperidine rings is 2. The van der Waals surface area contributed by atoms with Gasteiger partial charge in [0.2, 0.25) is 5.91 Å². The molecule has 0 unspecified atom stereocenters. The van der Waals surface area contributed by atoms with Crippen LogP contribution in [-0.2, 0) is 4.79 Å². The summed E-state index contributed by atoms with van der Waals surface area (Å²) < 4.78 is 0. The first-order valence-corrected chi connectivity index (χ1v) is 8.64. The van der Waals surface area contributed by atoms with E-state index in [4.69, 9.17) is 5.11 Å². The normalized spacial score (nSPS) is 24.7. The van der Waals surface area contributed by atoms with Gasteiger partial charge in [-0.2, -0.15) is 5.10 Å². The summed E-state index contributed by atoms with van der Waals surface area (Å²) in [6.07, 6.45) is 4.26. The topological polar surface area (TPSA) is 69.6 Å². The van der Waals surface area contributed by atoms with Gasteiger partial charge < -0.3 is 14.9 Å². The molecule has 2 aliphatic rings. The number of carbonyl (C=O) groups is 1. The number of rotatable bonds is 5. The summed E-state index contributed by atoms with van der Waals surface area (Å²) >= 11 is 0. The minimum Gasteiger partial charge on any atom is -0.396 e. The van der Waals surface area contributed by atoms with Crippen LogP contribution in [0.1, 0.15) is 37.8 Å². The first-order chi connectivity index (χ1) is 11.2. The molecule has 1 N–H and O–H groups in total. The number of unbranched alkanes of at least 4 members (excludes halogenated alkanes) is 1. The molecule has 0 spiro atoms. The van der Waals surface area contributed by atoms with Crippen molar-refractivity contribution in [1.82, 2.24) is 15.1 Å². The number of aliphatic hydroxyl groups excluding tert-OH is 1. The first-order valence-electron chi connectivity index (χ1n) is 8.64. The zero-order chi connectivity index (χ0) is 16.2. The second-order valence-corrected chi connectivity index (χ2v) is 6.65. The van der Waals surface area contributed by atoms with Gasteiger partial charge in [-0.3, -0.25) is 4.79 Å². The van der Waals surface area contributed by atoms with E-state index in [-0.39, 0.29) is 12.5 Å². The van der Waals surface area contributed by atoms with Gasteiger partial charge in [-0.25, -0.2) is 0 Å². The fraction of sp³-hybridized carbons (Fsp3) is 0.706. The number of fused-ring (bicyclic) bond motifs is 1. The maximum atomic E-state index is 12.3. The van der Waals surface area contributed by atoms with Crippen molar-refractivity contribution in [3.05, 3.63) is 17.8 Å². The number of aryl methyl sites for hydroxylation is 1. The highest BCUT2D eigenvalue weighted by molar-refractivity contribution is 5.77. The van der Waals surface area contributed by atoms with Crippen LogP contribution in [0.3, 0.4) is 0 Å². The molecule has 0 aliphatic carbocycles. The van der Waals surface area contributed by atoms with Crippen molar-refractivity contribution in [2.45, 2.75) is 45.1 Å². The zero-order valence-electron chi connectivity index (χ0n) is 13.8. The highest BCUT2D eigenvalue weighted by atomic mass is 16.3. The summed E-state index contributed by atoms with van der Waals surface area (Å²) in [4.78, 5) is 16.6. The molecular weight excluding hydrogens is 292 g/mol. The van der Waals surface area contributed by atoms with Crippen LogP contribution in [0.2, 0.25) is 0 Å². The van der Waals surface area contributed by atoms with E-state index in [9.17, 15) is 4.79 Å². The average molecular weight is 318 g/mol. The van der Waals surface area contributed by atoms with Crippen LogP contribution in [0.15, 0.2) is 12.1 Å². The predicted molar refractivity (Wildman–Crippen MR) is 88.1 cm³/mol. The number of nitrogens with zero attached hydrogens (tertiary/aromatic N) is 4. The molecule has 0 bridgehead atoms. The van der Waals surface area contributed by atoms with Gasteiger partial charge in [0.15, 0.2) is 5.82 Å². The number of hydrogen-bond acceptors (Lipinski definition) is 5. The quantitative estimate of drug-likeness (QED) is 0.831. The molecule has 0 saturated carbocycles. The molecular formula is C17H26N4O2. The highest BCUT2D eigenvalue weighted by Crippen LogP contribution is 2.32. The molecule has 23 heavy (non-hydrogen) atoms. The molecule has 1 amide bonds. The molecule has 126 valence electrons. The average Bonchev–Trinajstić information content (AvgIpc) is 2.57. The molecule has 1 aromatic heterocycles. The Morgan fingerprint density at radius 3 is 2.87 bits per heavy atom. The third-order valence-electron chi connectivity index (χ3n) is 5.06. The van der Waals surface area contributed by atoms with E-state index in [1.807, 2.05) is 19.1 Å². The van der Waals surface area contributed by atoms with Crippen molar-refractivity contribution in [3.8, 4) is 0 Å². The monoisotopic (exact) mass is 318 g/mol. The summed E-state index contributed by atoms with van der Waals surface area (Å²) in [5.41, 5.74) is 0.932. The summed E-state index contributed by atoms with van der Waals surface area (Å²) in [6.45, 7) is 4.80. The molecule has 1 aromatic rings. The van der Waals surface area contributed by atoms with Crippen molar-refractivity contribution in [2.75, 3.05) is 31.1 Å². The number of amides is 1. The maximum absolute atomic E-state index is 12.3. The van der Waals surface area contributed by atoms with E-state index >= 15 is 0 Å². The molecule has 2 fully saturated rings. The largest absolute Gasteiger partial charge is 0.396 e. The van der Waals surface area contributed by atoms with Crippen molar-refractivity contribution in [1.29, 1.82) is 0 Å². The lowest BCUT2D eigenvalue weighted by atomic mass is 9.83. The Balaban J connectivity index is 1.64. The van der Waals surface area contributed by atoms with Crippen molar-refractivity contribution < 1.29 is 9.90 Å². The third-order valence-corrected chi connectivity index (χ3v) is 5.06. The second kappa shape index (κ2) is 7.25. The minimum absolute atomic E-state index is 0.204. The zero-order valence-corrected chi connectivity index (χ0v) is 13.8. The Morgan fingerprint density at radius 1 is 1.26 bits per heavy atom. The van der Waals surface area contributed by atoms with Crippen LogP contribution in [0.5, 0.6) is 0 Å².